The van der Waals surface area contributed by atoms with Crippen molar-refractivity contribution in [2.24, 2.45) is 0 Å². The highest BCUT2D eigenvalue weighted by Gasteiger charge is 2.09. The van der Waals surface area contributed by atoms with Gasteiger partial charge in [-0.3, -0.25) is 4.79 Å². The van der Waals surface area contributed by atoms with Crippen molar-refractivity contribution in [2.45, 2.75) is 6.92 Å². The van der Waals surface area contributed by atoms with Crippen molar-refractivity contribution >= 4 is 11.8 Å². The van der Waals surface area contributed by atoms with Crippen LogP contribution in [0.4, 0.5) is 0 Å². The van der Waals surface area contributed by atoms with Gasteiger partial charge < -0.3 is 9.84 Å². The number of Topliss-reactive ketones (excluding diaryl/α,β-unsaturated/α-hetero) is 1. The number of carbonyl (C=O) groups excluding carboxylic acids is 1. The van der Waals surface area contributed by atoms with Gasteiger partial charge in [-0.15, -0.1) is 0 Å². The molecular weight excluding hydrogens is 124 g/mol. The first kappa shape index (κ1) is 8.10. The molecule has 0 aromatic rings. The third-order valence-corrected chi connectivity index (χ3v) is 0.676. The Hall–Kier alpha value is -0.900. The summed E-state index contributed by atoms with van der Waals surface area (Å²) in [6.45, 7) is 1.72. The normalized spacial score (nSPS) is 9.00. The molecule has 0 atom stereocenters. The highest BCUT2D eigenvalue weighted by Crippen LogP contribution is 1.76. The lowest BCUT2D eigenvalue weighted by Gasteiger charge is -1.93. The van der Waals surface area contributed by atoms with Crippen molar-refractivity contribution in [1.82, 2.24) is 0 Å². The maximum atomic E-state index is 10.2. The zero-order valence-corrected chi connectivity index (χ0v) is 5.09. The maximum Gasteiger partial charge on any atom is 0.374 e. The van der Waals surface area contributed by atoms with Crippen LogP contribution in [0.2, 0.25) is 0 Å². The molecule has 0 saturated carbocycles. The van der Waals surface area contributed by atoms with Gasteiger partial charge in [0.2, 0.25) is 0 Å². The molecule has 0 heterocycles. The molecule has 0 amide bonds. The van der Waals surface area contributed by atoms with Gasteiger partial charge in [-0.05, 0) is 6.92 Å². The van der Waals surface area contributed by atoms with Crippen molar-refractivity contribution in [3.05, 3.63) is 0 Å². The molecule has 0 aliphatic carbocycles. The Morgan fingerprint density at radius 3 is 2.44 bits per heavy atom. The number of aliphatic carboxylic acids is 1. The van der Waals surface area contributed by atoms with E-state index in [9.17, 15) is 9.59 Å². The van der Waals surface area contributed by atoms with Gasteiger partial charge in [-0.1, -0.05) is 0 Å². The third-order valence-electron chi connectivity index (χ3n) is 0.676. The molecule has 1 N–H and O–H groups in total. The first-order valence-electron chi connectivity index (χ1n) is 2.52. The Balaban J connectivity index is 3.39. The topological polar surface area (TPSA) is 63.6 Å². The van der Waals surface area contributed by atoms with Crippen LogP contribution in [-0.2, 0) is 14.3 Å². The van der Waals surface area contributed by atoms with Gasteiger partial charge in [-0.25, -0.2) is 4.79 Å². The third kappa shape index (κ3) is 3.66. The lowest BCUT2D eigenvalue weighted by molar-refractivity contribution is -0.151. The van der Waals surface area contributed by atoms with E-state index in [4.69, 9.17) is 5.11 Å². The van der Waals surface area contributed by atoms with E-state index in [-0.39, 0.29) is 6.61 Å². The number of rotatable bonds is 4. The zero-order chi connectivity index (χ0) is 7.28. The van der Waals surface area contributed by atoms with Crippen LogP contribution in [0.5, 0.6) is 0 Å². The SMILES string of the molecule is CCOCC(=O)C(=O)O. The molecule has 0 bridgehead atoms. The van der Waals surface area contributed by atoms with E-state index >= 15 is 0 Å². The first-order valence-corrected chi connectivity index (χ1v) is 2.52. The fourth-order valence-electron chi connectivity index (χ4n) is 0.256. The second kappa shape index (κ2) is 4.03. The molecule has 4 heteroatoms. The van der Waals surface area contributed by atoms with E-state index in [0.29, 0.717) is 6.61 Å². The summed E-state index contributed by atoms with van der Waals surface area (Å²) in [5.41, 5.74) is 0. The van der Waals surface area contributed by atoms with Crippen LogP contribution in [0.15, 0.2) is 0 Å². The van der Waals surface area contributed by atoms with Crippen LogP contribution in [0.3, 0.4) is 0 Å². The molecule has 52 valence electrons. The Morgan fingerprint density at radius 2 is 2.11 bits per heavy atom. The van der Waals surface area contributed by atoms with Gasteiger partial charge in [0, 0.05) is 6.61 Å². The Morgan fingerprint density at radius 1 is 1.56 bits per heavy atom. The maximum absolute atomic E-state index is 10.2. The van der Waals surface area contributed by atoms with E-state index in [0.717, 1.165) is 0 Å². The average molecular weight is 132 g/mol. The number of ketones is 1. The Bertz CT molecular complexity index is 118. The molecule has 0 rings (SSSR count). The van der Waals surface area contributed by atoms with Crippen LogP contribution >= 0.6 is 0 Å². The van der Waals surface area contributed by atoms with E-state index in [2.05, 4.69) is 4.74 Å². The highest BCUT2D eigenvalue weighted by atomic mass is 16.5. The number of hydrogen-bond donors (Lipinski definition) is 1. The standard InChI is InChI=1S/C5H8O4/c1-2-9-3-4(6)5(7)8/h2-3H2,1H3,(H,7,8). The molecule has 0 radical (unpaired) electrons. The Labute approximate surface area is 52.4 Å². The van der Waals surface area contributed by atoms with Crippen LogP contribution in [0.1, 0.15) is 6.92 Å². The molecule has 0 spiro atoms. The fraction of sp³-hybridized carbons (Fsp3) is 0.600. The van der Waals surface area contributed by atoms with Crippen LogP contribution < -0.4 is 0 Å². The monoisotopic (exact) mass is 132 g/mol. The zero-order valence-electron chi connectivity index (χ0n) is 5.09. The first-order chi connectivity index (χ1) is 4.18. The Kier molecular flexibility index (Phi) is 3.62. The summed E-state index contributed by atoms with van der Waals surface area (Å²) in [5.74, 6) is -2.35. The average Bonchev–Trinajstić information content (AvgIpc) is 1.82. The van der Waals surface area contributed by atoms with Crippen molar-refractivity contribution in [1.29, 1.82) is 0 Å². The summed E-state index contributed by atoms with van der Waals surface area (Å²) in [4.78, 5) is 20.0. The number of carboxylic acids is 1. The minimum atomic E-state index is -1.44. The van der Waals surface area contributed by atoms with Crippen LogP contribution in [0.25, 0.3) is 0 Å². The van der Waals surface area contributed by atoms with E-state index in [1.54, 1.807) is 6.92 Å². The van der Waals surface area contributed by atoms with Crippen LogP contribution in [-0.4, -0.2) is 30.1 Å². The number of carbonyl (C=O) groups is 2. The predicted molar refractivity (Wildman–Crippen MR) is 29.1 cm³/mol. The lowest BCUT2D eigenvalue weighted by atomic mass is 10.4. The molecule has 0 fully saturated rings. The summed E-state index contributed by atoms with van der Waals surface area (Å²) in [6.07, 6.45) is 0. The minimum absolute atomic E-state index is 0.328. The van der Waals surface area contributed by atoms with Gasteiger partial charge in [-0.2, -0.15) is 0 Å². The van der Waals surface area contributed by atoms with E-state index in [1.807, 2.05) is 0 Å². The summed E-state index contributed by atoms with van der Waals surface area (Å²) >= 11 is 0. The van der Waals surface area contributed by atoms with Crippen molar-refractivity contribution in [3.8, 4) is 0 Å². The van der Waals surface area contributed by atoms with Crippen LogP contribution in [0, 0.1) is 0 Å². The summed E-state index contributed by atoms with van der Waals surface area (Å²) in [6, 6.07) is 0. The molecular formula is C5H8O4. The highest BCUT2D eigenvalue weighted by molar-refractivity contribution is 6.33. The van der Waals surface area contributed by atoms with Gasteiger partial charge >= 0.3 is 5.97 Å². The largest absolute Gasteiger partial charge is 0.475 e. The van der Waals surface area contributed by atoms with Gasteiger partial charge in [0.25, 0.3) is 5.78 Å². The molecule has 4 nitrogen and oxygen atoms in total. The second-order valence-corrected chi connectivity index (χ2v) is 1.37. The van der Waals surface area contributed by atoms with E-state index in [1.165, 1.54) is 0 Å². The molecule has 0 aromatic heterocycles. The second-order valence-electron chi connectivity index (χ2n) is 1.37. The van der Waals surface area contributed by atoms with E-state index < -0.39 is 11.8 Å². The molecule has 0 aromatic carbocycles. The summed E-state index contributed by atoms with van der Waals surface area (Å²) in [5, 5.41) is 7.98. The number of ether oxygens (including phenoxy) is 1. The molecule has 0 aliphatic rings. The quantitative estimate of drug-likeness (QED) is 0.532. The van der Waals surface area contributed by atoms with Gasteiger partial charge in [0.05, 0.1) is 0 Å². The number of hydrogen-bond acceptors (Lipinski definition) is 3. The molecule has 0 aliphatic heterocycles. The molecule has 0 saturated heterocycles. The smallest absolute Gasteiger partial charge is 0.374 e. The van der Waals surface area contributed by atoms with Crippen molar-refractivity contribution in [2.75, 3.05) is 13.2 Å². The van der Waals surface area contributed by atoms with Gasteiger partial charge in [0.15, 0.2) is 0 Å². The summed E-state index contributed by atoms with van der Waals surface area (Å²) < 4.78 is 4.53. The predicted octanol–water partition coefficient (Wildman–Crippen LogP) is -0.323. The molecule has 0 unspecified atom stereocenters. The summed E-state index contributed by atoms with van der Waals surface area (Å²) in [7, 11) is 0. The fourth-order valence-corrected chi connectivity index (χ4v) is 0.256. The number of carboxylic acid groups (broad SMARTS) is 1. The lowest BCUT2D eigenvalue weighted by Crippen LogP contribution is -2.18. The van der Waals surface area contributed by atoms with Crippen molar-refractivity contribution < 1.29 is 19.4 Å². The van der Waals surface area contributed by atoms with Crippen molar-refractivity contribution in [3.63, 3.8) is 0 Å². The minimum Gasteiger partial charge on any atom is -0.475 e. The molecule has 9 heavy (non-hydrogen) atoms. The van der Waals surface area contributed by atoms with Gasteiger partial charge in [0.1, 0.15) is 6.61 Å².